The molecule has 11 heteroatoms. The highest BCUT2D eigenvalue weighted by Gasteiger charge is 2.29. The number of nitrogens with zero attached hydrogens (tertiary/aromatic N) is 7. The van der Waals surface area contributed by atoms with Crippen molar-refractivity contribution in [3.8, 4) is 0 Å². The molecule has 0 unspecified atom stereocenters. The number of methoxy groups -OCH3 is 1. The minimum atomic E-state index is -0.821. The maximum atomic E-state index is 13.8. The van der Waals surface area contributed by atoms with E-state index in [1.807, 2.05) is 44.2 Å². The summed E-state index contributed by atoms with van der Waals surface area (Å²) < 4.78 is 8.75. The molecule has 0 atom stereocenters. The van der Waals surface area contributed by atoms with Crippen molar-refractivity contribution in [1.82, 2.24) is 34.7 Å². The quantitative estimate of drug-likeness (QED) is 0.473. The number of hydrogen-bond donors (Lipinski definition) is 1. The third-order valence-electron chi connectivity index (χ3n) is 6.09. The predicted molar refractivity (Wildman–Crippen MR) is 126 cm³/mol. The Labute approximate surface area is 195 Å². The molecule has 0 spiro atoms. The van der Waals surface area contributed by atoms with Gasteiger partial charge < -0.3 is 15.0 Å². The van der Waals surface area contributed by atoms with Gasteiger partial charge in [-0.25, -0.2) is 9.20 Å². The van der Waals surface area contributed by atoms with Crippen LogP contribution >= 0.6 is 11.6 Å². The van der Waals surface area contributed by atoms with E-state index in [4.69, 9.17) is 16.3 Å². The van der Waals surface area contributed by atoms with Crippen molar-refractivity contribution >= 4 is 34.1 Å². The van der Waals surface area contributed by atoms with E-state index in [2.05, 4.69) is 30.6 Å². The van der Waals surface area contributed by atoms with Crippen molar-refractivity contribution in [2.24, 2.45) is 0 Å². The highest BCUT2D eigenvalue weighted by atomic mass is 35.5. The van der Waals surface area contributed by atoms with Gasteiger partial charge >= 0.3 is 5.69 Å². The zero-order chi connectivity index (χ0) is 23.2. The van der Waals surface area contributed by atoms with E-state index in [1.165, 1.54) is 4.40 Å². The summed E-state index contributed by atoms with van der Waals surface area (Å²) >= 11 is 6.07. The van der Waals surface area contributed by atoms with Crippen LogP contribution in [-0.4, -0.2) is 62.7 Å². The predicted octanol–water partition coefficient (Wildman–Crippen LogP) is 1.83. The van der Waals surface area contributed by atoms with Gasteiger partial charge in [0, 0.05) is 44.4 Å². The number of aromatic nitrogens is 6. The second-order valence-corrected chi connectivity index (χ2v) is 9.00. The summed E-state index contributed by atoms with van der Waals surface area (Å²) in [7, 11) is 1.58. The SMILES string of the molecule is COC(C)(C)c1nnc2c3nnc(N4CCNCC4)cc3n(Cc3ccc(Cl)cc3)c(=O)n12. The van der Waals surface area contributed by atoms with Crippen LogP contribution in [0.2, 0.25) is 5.02 Å². The van der Waals surface area contributed by atoms with Gasteiger partial charge in [-0.15, -0.1) is 20.4 Å². The van der Waals surface area contributed by atoms with Crippen LogP contribution in [-0.2, 0) is 16.9 Å². The van der Waals surface area contributed by atoms with Crippen molar-refractivity contribution in [2.75, 3.05) is 38.2 Å². The monoisotopic (exact) mass is 468 g/mol. The molecule has 1 fully saturated rings. The molecule has 1 aliphatic rings. The average Bonchev–Trinajstić information content (AvgIpc) is 3.30. The minimum absolute atomic E-state index is 0.267. The second kappa shape index (κ2) is 8.36. The topological polar surface area (TPSA) is 102 Å². The first kappa shape index (κ1) is 21.7. The highest BCUT2D eigenvalue weighted by molar-refractivity contribution is 6.30. The maximum absolute atomic E-state index is 13.8. The Kier molecular flexibility index (Phi) is 5.51. The highest BCUT2D eigenvalue weighted by Crippen LogP contribution is 2.25. The zero-order valence-electron chi connectivity index (χ0n) is 18.7. The number of piperazine rings is 1. The number of hydrogen-bond acceptors (Lipinski definition) is 8. The fourth-order valence-corrected chi connectivity index (χ4v) is 4.16. The van der Waals surface area contributed by atoms with Crippen LogP contribution in [0.15, 0.2) is 35.1 Å². The van der Waals surface area contributed by atoms with Gasteiger partial charge in [0.15, 0.2) is 22.8 Å². The molecular formula is C22H25ClN8O2. The Hall–Kier alpha value is -3.08. The molecule has 172 valence electrons. The van der Waals surface area contributed by atoms with E-state index in [0.717, 1.165) is 37.6 Å². The molecule has 0 aliphatic carbocycles. The molecule has 0 radical (unpaired) electrons. The molecular weight excluding hydrogens is 444 g/mol. The first-order valence-electron chi connectivity index (χ1n) is 10.8. The lowest BCUT2D eigenvalue weighted by Gasteiger charge is -2.28. The van der Waals surface area contributed by atoms with Crippen LogP contribution in [0.3, 0.4) is 0 Å². The van der Waals surface area contributed by atoms with Crippen LogP contribution in [0, 0.1) is 0 Å². The Morgan fingerprint density at radius 1 is 1.09 bits per heavy atom. The normalized spacial score (nSPS) is 15.0. The first-order valence-corrected chi connectivity index (χ1v) is 11.2. The van der Waals surface area contributed by atoms with E-state index in [9.17, 15) is 4.79 Å². The van der Waals surface area contributed by atoms with Crippen LogP contribution < -0.4 is 15.9 Å². The third-order valence-corrected chi connectivity index (χ3v) is 6.34. The molecule has 4 aromatic rings. The number of halogens is 1. The van der Waals surface area contributed by atoms with Gasteiger partial charge in [0.1, 0.15) is 5.60 Å². The van der Waals surface area contributed by atoms with Gasteiger partial charge in [0.2, 0.25) is 0 Å². The lowest BCUT2D eigenvalue weighted by atomic mass is 10.1. The number of ether oxygens (including phenoxy) is 1. The number of fused-ring (bicyclic) bond motifs is 3. The number of nitrogens with one attached hydrogen (secondary N) is 1. The van der Waals surface area contributed by atoms with Gasteiger partial charge in [-0.1, -0.05) is 23.7 Å². The Balaban J connectivity index is 1.77. The van der Waals surface area contributed by atoms with E-state index in [-0.39, 0.29) is 5.69 Å². The molecule has 0 saturated carbocycles. The summed E-state index contributed by atoms with van der Waals surface area (Å²) in [5, 5.41) is 21.5. The van der Waals surface area contributed by atoms with Crippen molar-refractivity contribution < 1.29 is 4.74 Å². The van der Waals surface area contributed by atoms with E-state index in [0.29, 0.717) is 34.1 Å². The van der Waals surface area contributed by atoms with E-state index < -0.39 is 5.60 Å². The van der Waals surface area contributed by atoms with Gasteiger partial charge in [-0.2, -0.15) is 0 Å². The molecule has 1 aliphatic heterocycles. The van der Waals surface area contributed by atoms with E-state index >= 15 is 0 Å². The molecule has 0 bridgehead atoms. The number of rotatable bonds is 5. The van der Waals surface area contributed by atoms with Crippen molar-refractivity contribution in [1.29, 1.82) is 0 Å². The van der Waals surface area contributed by atoms with Crippen LogP contribution in [0.1, 0.15) is 25.2 Å². The fourth-order valence-electron chi connectivity index (χ4n) is 4.03. The summed E-state index contributed by atoms with van der Waals surface area (Å²) in [5.74, 6) is 1.14. The summed E-state index contributed by atoms with van der Waals surface area (Å²) in [6.07, 6.45) is 0. The Bertz CT molecular complexity index is 1370. The molecule has 1 aromatic carbocycles. The average molecular weight is 469 g/mol. The molecule has 3 aromatic heterocycles. The largest absolute Gasteiger partial charge is 0.371 e. The Morgan fingerprint density at radius 2 is 1.82 bits per heavy atom. The molecule has 4 heterocycles. The Morgan fingerprint density at radius 3 is 2.52 bits per heavy atom. The summed E-state index contributed by atoms with van der Waals surface area (Å²) in [6, 6.07) is 9.35. The minimum Gasteiger partial charge on any atom is -0.371 e. The van der Waals surface area contributed by atoms with Crippen molar-refractivity contribution in [2.45, 2.75) is 26.0 Å². The van der Waals surface area contributed by atoms with Gasteiger partial charge in [0.05, 0.1) is 12.1 Å². The summed E-state index contributed by atoms with van der Waals surface area (Å²) in [4.78, 5) is 16.0. The van der Waals surface area contributed by atoms with Crippen molar-refractivity contribution in [3.05, 3.63) is 57.2 Å². The third kappa shape index (κ3) is 3.84. The lowest BCUT2D eigenvalue weighted by molar-refractivity contribution is 0.0103. The van der Waals surface area contributed by atoms with Crippen LogP contribution in [0.5, 0.6) is 0 Å². The standard InChI is InChI=1S/C22H25ClN8O2/c1-22(2,33-3)20-28-27-19-18-16(12-17(25-26-18)29-10-8-24-9-11-29)30(21(32)31(19)20)13-14-4-6-15(23)7-5-14/h4-7,12,24H,8-11,13H2,1-3H3. The maximum Gasteiger partial charge on any atom is 0.336 e. The first-order chi connectivity index (χ1) is 15.9. The zero-order valence-corrected chi connectivity index (χ0v) is 19.5. The van der Waals surface area contributed by atoms with Crippen LogP contribution in [0.25, 0.3) is 16.7 Å². The van der Waals surface area contributed by atoms with Gasteiger partial charge in [-0.05, 0) is 31.5 Å². The van der Waals surface area contributed by atoms with E-state index in [1.54, 1.807) is 11.7 Å². The number of benzene rings is 1. The molecule has 5 rings (SSSR count). The smallest absolute Gasteiger partial charge is 0.336 e. The molecule has 1 N–H and O–H groups in total. The molecule has 1 saturated heterocycles. The molecule has 0 amide bonds. The van der Waals surface area contributed by atoms with Crippen LogP contribution in [0.4, 0.5) is 5.82 Å². The van der Waals surface area contributed by atoms with Gasteiger partial charge in [-0.3, -0.25) is 4.57 Å². The lowest BCUT2D eigenvalue weighted by Crippen LogP contribution is -2.44. The summed E-state index contributed by atoms with van der Waals surface area (Å²) in [5.41, 5.74) is 1.37. The van der Waals surface area contributed by atoms with Gasteiger partial charge in [0.25, 0.3) is 0 Å². The second-order valence-electron chi connectivity index (χ2n) is 8.57. The number of anilines is 1. The molecule has 33 heavy (non-hydrogen) atoms. The fraction of sp³-hybridized carbons (Fsp3) is 0.409. The summed E-state index contributed by atoms with van der Waals surface area (Å²) in [6.45, 7) is 7.40. The molecule has 10 nitrogen and oxygen atoms in total. The van der Waals surface area contributed by atoms with Crippen molar-refractivity contribution in [3.63, 3.8) is 0 Å².